The predicted octanol–water partition coefficient (Wildman–Crippen LogP) is 2.01. The predicted molar refractivity (Wildman–Crippen MR) is 100 cm³/mol. The van der Waals surface area contributed by atoms with E-state index in [1.165, 1.54) is 10.7 Å². The number of amides is 1. The molecule has 0 spiro atoms. The summed E-state index contributed by atoms with van der Waals surface area (Å²) in [6, 6.07) is 12.6. The van der Waals surface area contributed by atoms with Gasteiger partial charge in [-0.3, -0.25) is 14.4 Å². The van der Waals surface area contributed by atoms with Crippen molar-refractivity contribution in [2.24, 2.45) is 5.92 Å². The lowest BCUT2D eigenvalue weighted by Crippen LogP contribution is -2.43. The Kier molecular flexibility index (Phi) is 6.01. The first-order valence-electron chi connectivity index (χ1n) is 9.16. The third-order valence-electron chi connectivity index (χ3n) is 4.86. The molecule has 7 heteroatoms. The first-order chi connectivity index (χ1) is 13.0. The Bertz CT molecular complexity index is 863. The fourth-order valence-corrected chi connectivity index (χ4v) is 3.41. The van der Waals surface area contributed by atoms with Gasteiger partial charge in [0.2, 0.25) is 5.91 Å². The second kappa shape index (κ2) is 8.62. The highest BCUT2D eigenvalue weighted by Crippen LogP contribution is 2.21. The molecule has 0 bridgehead atoms. The van der Waals surface area contributed by atoms with Crippen LogP contribution in [-0.4, -0.2) is 44.8 Å². The number of carbonyl (C=O) groups excluding carboxylic acids is 1. The van der Waals surface area contributed by atoms with Gasteiger partial charge in [0.05, 0.1) is 5.69 Å². The van der Waals surface area contributed by atoms with Gasteiger partial charge in [-0.2, -0.15) is 5.10 Å². The van der Waals surface area contributed by atoms with Crippen molar-refractivity contribution >= 4 is 11.9 Å². The zero-order valence-corrected chi connectivity index (χ0v) is 15.1. The maximum absolute atomic E-state index is 12.7. The standard InChI is InChI=1S/C20H23N3O4/c24-18-10-9-17(16-6-2-1-3-7-16)21-23(18)14-19(25)22-12-4-5-15(13-22)8-11-20(26)27/h1-3,6-7,9-10,15H,4-5,8,11-14H2,(H,26,27). The molecule has 2 heterocycles. The summed E-state index contributed by atoms with van der Waals surface area (Å²) in [6.45, 7) is 1.07. The summed E-state index contributed by atoms with van der Waals surface area (Å²) in [6.07, 6.45) is 2.47. The lowest BCUT2D eigenvalue weighted by Gasteiger charge is -2.32. The van der Waals surface area contributed by atoms with Crippen LogP contribution in [0, 0.1) is 5.92 Å². The van der Waals surface area contributed by atoms with Crippen LogP contribution in [0.1, 0.15) is 25.7 Å². The monoisotopic (exact) mass is 369 g/mol. The molecule has 1 aromatic carbocycles. The van der Waals surface area contributed by atoms with Crippen molar-refractivity contribution in [3.05, 3.63) is 52.8 Å². The van der Waals surface area contributed by atoms with Crippen molar-refractivity contribution in [2.45, 2.75) is 32.2 Å². The van der Waals surface area contributed by atoms with Crippen LogP contribution >= 0.6 is 0 Å². The topological polar surface area (TPSA) is 92.5 Å². The van der Waals surface area contributed by atoms with E-state index in [1.54, 1.807) is 11.0 Å². The van der Waals surface area contributed by atoms with Gasteiger partial charge in [0.1, 0.15) is 6.54 Å². The Morgan fingerprint density at radius 2 is 1.93 bits per heavy atom. The molecule has 1 fully saturated rings. The quantitative estimate of drug-likeness (QED) is 0.841. The summed E-state index contributed by atoms with van der Waals surface area (Å²) in [4.78, 5) is 37.3. The summed E-state index contributed by atoms with van der Waals surface area (Å²) < 4.78 is 1.20. The summed E-state index contributed by atoms with van der Waals surface area (Å²) in [5, 5.41) is 13.2. The molecular formula is C20H23N3O4. The molecule has 0 aliphatic carbocycles. The summed E-state index contributed by atoms with van der Waals surface area (Å²) in [5.74, 6) is -0.777. The van der Waals surface area contributed by atoms with Crippen LogP contribution in [0.4, 0.5) is 0 Å². The number of likely N-dealkylation sites (tertiary alicyclic amines) is 1. The van der Waals surface area contributed by atoms with Gasteiger partial charge < -0.3 is 10.0 Å². The van der Waals surface area contributed by atoms with Crippen molar-refractivity contribution in [1.29, 1.82) is 0 Å². The van der Waals surface area contributed by atoms with Crippen LogP contribution in [0.5, 0.6) is 0 Å². The SMILES string of the molecule is O=C(O)CCC1CCCN(C(=O)Cn2nc(-c3ccccc3)ccc2=O)C1. The Morgan fingerprint density at radius 1 is 1.15 bits per heavy atom. The molecule has 1 unspecified atom stereocenters. The molecule has 1 saturated heterocycles. The summed E-state index contributed by atoms with van der Waals surface area (Å²) in [7, 11) is 0. The molecule has 3 rings (SSSR count). The molecular weight excluding hydrogens is 346 g/mol. The number of piperidine rings is 1. The van der Waals surface area contributed by atoms with Crippen molar-refractivity contribution in [1.82, 2.24) is 14.7 Å². The number of rotatable bonds is 6. The van der Waals surface area contributed by atoms with E-state index in [2.05, 4.69) is 5.10 Å². The highest BCUT2D eigenvalue weighted by atomic mass is 16.4. The molecule has 1 N–H and O–H groups in total. The van der Waals surface area contributed by atoms with Crippen LogP contribution in [0.2, 0.25) is 0 Å². The van der Waals surface area contributed by atoms with Crippen LogP contribution in [0.3, 0.4) is 0 Å². The molecule has 1 aromatic heterocycles. The Balaban J connectivity index is 1.68. The van der Waals surface area contributed by atoms with Crippen molar-refractivity contribution in [3.8, 4) is 11.3 Å². The molecule has 1 aliphatic rings. The molecule has 2 aromatic rings. The zero-order chi connectivity index (χ0) is 19.2. The number of nitrogens with zero attached hydrogens (tertiary/aromatic N) is 3. The van der Waals surface area contributed by atoms with E-state index in [9.17, 15) is 14.4 Å². The second-order valence-electron chi connectivity index (χ2n) is 6.86. The number of hydrogen-bond donors (Lipinski definition) is 1. The Morgan fingerprint density at radius 3 is 2.67 bits per heavy atom. The normalized spacial score (nSPS) is 16.9. The number of carbonyl (C=O) groups is 2. The molecule has 0 radical (unpaired) electrons. The highest BCUT2D eigenvalue weighted by Gasteiger charge is 2.24. The Labute approximate surface area is 157 Å². The highest BCUT2D eigenvalue weighted by molar-refractivity contribution is 5.76. The summed E-state index contributed by atoms with van der Waals surface area (Å²) in [5.41, 5.74) is 1.20. The average molecular weight is 369 g/mol. The number of carboxylic acids is 1. The third-order valence-corrected chi connectivity index (χ3v) is 4.86. The van der Waals surface area contributed by atoms with Gasteiger partial charge in [-0.15, -0.1) is 0 Å². The Hall–Kier alpha value is -2.96. The van der Waals surface area contributed by atoms with Gasteiger partial charge in [-0.25, -0.2) is 4.68 Å². The minimum Gasteiger partial charge on any atom is -0.481 e. The van der Waals surface area contributed by atoms with Crippen molar-refractivity contribution in [2.75, 3.05) is 13.1 Å². The van der Waals surface area contributed by atoms with Crippen molar-refractivity contribution in [3.63, 3.8) is 0 Å². The lowest BCUT2D eigenvalue weighted by atomic mass is 9.93. The van der Waals surface area contributed by atoms with E-state index in [1.807, 2.05) is 30.3 Å². The molecule has 1 atom stereocenters. The second-order valence-corrected chi connectivity index (χ2v) is 6.86. The maximum atomic E-state index is 12.7. The molecule has 1 amide bonds. The third kappa shape index (κ3) is 5.03. The van der Waals surface area contributed by atoms with E-state index in [0.717, 1.165) is 18.4 Å². The van der Waals surface area contributed by atoms with Gasteiger partial charge in [0, 0.05) is 31.1 Å². The number of carboxylic acid groups (broad SMARTS) is 1. The van der Waals surface area contributed by atoms with E-state index in [-0.39, 0.29) is 30.3 Å². The molecule has 142 valence electrons. The zero-order valence-electron chi connectivity index (χ0n) is 15.1. The lowest BCUT2D eigenvalue weighted by molar-refractivity contribution is -0.137. The molecule has 1 aliphatic heterocycles. The molecule has 7 nitrogen and oxygen atoms in total. The van der Waals surface area contributed by atoms with Crippen molar-refractivity contribution < 1.29 is 14.7 Å². The largest absolute Gasteiger partial charge is 0.481 e. The first kappa shape index (κ1) is 18.8. The van der Waals surface area contributed by atoms with Gasteiger partial charge in [0.25, 0.3) is 5.56 Å². The van der Waals surface area contributed by atoms with Crippen LogP contribution in [-0.2, 0) is 16.1 Å². The van der Waals surface area contributed by atoms with E-state index >= 15 is 0 Å². The fraction of sp³-hybridized carbons (Fsp3) is 0.400. The summed E-state index contributed by atoms with van der Waals surface area (Å²) >= 11 is 0. The number of aliphatic carboxylic acids is 1. The van der Waals surface area contributed by atoms with Crippen LogP contribution in [0.15, 0.2) is 47.3 Å². The number of aromatic nitrogens is 2. The van der Waals surface area contributed by atoms with E-state index in [0.29, 0.717) is 25.2 Å². The molecule has 0 saturated carbocycles. The fourth-order valence-electron chi connectivity index (χ4n) is 3.41. The first-order valence-corrected chi connectivity index (χ1v) is 9.16. The number of hydrogen-bond acceptors (Lipinski definition) is 4. The maximum Gasteiger partial charge on any atom is 0.303 e. The van der Waals surface area contributed by atoms with Crippen LogP contribution < -0.4 is 5.56 Å². The van der Waals surface area contributed by atoms with Gasteiger partial charge >= 0.3 is 5.97 Å². The van der Waals surface area contributed by atoms with Gasteiger partial charge in [0.15, 0.2) is 0 Å². The minimum atomic E-state index is -0.813. The average Bonchev–Trinajstić information content (AvgIpc) is 2.69. The van der Waals surface area contributed by atoms with Gasteiger partial charge in [-0.05, 0) is 31.2 Å². The van der Waals surface area contributed by atoms with Crippen LogP contribution in [0.25, 0.3) is 11.3 Å². The van der Waals surface area contributed by atoms with Gasteiger partial charge in [-0.1, -0.05) is 30.3 Å². The number of benzene rings is 1. The molecule has 27 heavy (non-hydrogen) atoms. The van der Waals surface area contributed by atoms with E-state index < -0.39 is 5.97 Å². The van der Waals surface area contributed by atoms with E-state index in [4.69, 9.17) is 5.11 Å². The minimum absolute atomic E-state index is 0.106. The smallest absolute Gasteiger partial charge is 0.303 e.